The van der Waals surface area contributed by atoms with Crippen LogP contribution in [0.1, 0.15) is 13.8 Å². The van der Waals surface area contributed by atoms with Crippen molar-refractivity contribution in [2.75, 3.05) is 30.7 Å². The van der Waals surface area contributed by atoms with Crippen molar-refractivity contribution in [1.29, 1.82) is 0 Å². The van der Waals surface area contributed by atoms with E-state index in [1.807, 2.05) is 13.8 Å². The summed E-state index contributed by atoms with van der Waals surface area (Å²) in [5.41, 5.74) is 0.294. The molecule has 0 aliphatic carbocycles. The van der Waals surface area contributed by atoms with Crippen LogP contribution in [0.15, 0.2) is 35.3 Å². The van der Waals surface area contributed by atoms with Gasteiger partial charge in [0.15, 0.2) is 0 Å². The average molecular weight is 366 g/mol. The summed E-state index contributed by atoms with van der Waals surface area (Å²) in [6.45, 7) is 4.63. The van der Waals surface area contributed by atoms with Gasteiger partial charge in [-0.05, 0) is 26.0 Å². The Labute approximate surface area is 146 Å². The van der Waals surface area contributed by atoms with E-state index in [1.165, 1.54) is 14.8 Å². The van der Waals surface area contributed by atoms with Gasteiger partial charge in [0.1, 0.15) is 11.5 Å². The first-order valence-electron chi connectivity index (χ1n) is 8.21. The molecule has 2 aromatic rings. The third kappa shape index (κ3) is 4.17. The van der Waals surface area contributed by atoms with Crippen LogP contribution in [0.3, 0.4) is 0 Å². The number of hydrogen-bond donors (Lipinski definition) is 1. The highest BCUT2D eigenvalue weighted by molar-refractivity contribution is 7.89. The van der Waals surface area contributed by atoms with Crippen molar-refractivity contribution < 1.29 is 13.2 Å². The summed E-state index contributed by atoms with van der Waals surface area (Å²) in [7, 11) is -3.39. The first-order valence-corrected chi connectivity index (χ1v) is 9.82. The zero-order chi connectivity index (χ0) is 18.0. The van der Waals surface area contributed by atoms with E-state index in [0.717, 1.165) is 0 Å². The van der Waals surface area contributed by atoms with Crippen LogP contribution in [0, 0.1) is 0 Å². The van der Waals surface area contributed by atoms with E-state index in [1.54, 1.807) is 24.4 Å². The number of anilines is 1. The number of hydrogen-bond acceptors (Lipinski definition) is 6. The van der Waals surface area contributed by atoms with Crippen molar-refractivity contribution in [3.8, 4) is 0 Å². The summed E-state index contributed by atoms with van der Waals surface area (Å²) in [5.74, 6) is 0.303. The monoisotopic (exact) mass is 366 g/mol. The Balaban J connectivity index is 1.65. The Bertz CT molecular complexity index is 902. The van der Waals surface area contributed by atoms with Crippen molar-refractivity contribution in [3.63, 3.8) is 0 Å². The maximum Gasteiger partial charge on any atom is 0.259 e. The van der Waals surface area contributed by atoms with Crippen LogP contribution in [0.4, 0.5) is 5.82 Å². The molecule has 3 rings (SSSR count). The second-order valence-corrected chi connectivity index (χ2v) is 8.31. The topological polar surface area (TPSA) is 93.0 Å². The predicted octanol–water partition coefficient (Wildman–Crippen LogP) is 0.545. The normalized spacial score (nSPS) is 22.2. The van der Waals surface area contributed by atoms with Crippen LogP contribution in [-0.2, 0) is 14.8 Å². The van der Waals surface area contributed by atoms with E-state index in [2.05, 4.69) is 10.3 Å². The van der Waals surface area contributed by atoms with E-state index in [-0.39, 0.29) is 30.1 Å². The molecule has 0 aromatic carbocycles. The maximum atomic E-state index is 12.5. The van der Waals surface area contributed by atoms with E-state index in [4.69, 9.17) is 4.74 Å². The largest absolute Gasteiger partial charge is 0.373 e. The van der Waals surface area contributed by atoms with E-state index in [9.17, 15) is 13.2 Å². The van der Waals surface area contributed by atoms with Gasteiger partial charge in [0.25, 0.3) is 5.56 Å². The van der Waals surface area contributed by atoms with Crippen molar-refractivity contribution >= 4 is 21.5 Å². The smallest absolute Gasteiger partial charge is 0.259 e. The highest BCUT2D eigenvalue weighted by atomic mass is 32.2. The van der Waals surface area contributed by atoms with Gasteiger partial charge in [-0.2, -0.15) is 4.31 Å². The zero-order valence-corrected chi connectivity index (χ0v) is 15.1. The summed E-state index contributed by atoms with van der Waals surface area (Å²) >= 11 is 0. The molecule has 2 aromatic heterocycles. The molecule has 3 heterocycles. The Morgan fingerprint density at radius 3 is 2.72 bits per heavy atom. The van der Waals surface area contributed by atoms with Gasteiger partial charge < -0.3 is 10.1 Å². The number of ether oxygens (including phenoxy) is 1. The lowest BCUT2D eigenvalue weighted by Gasteiger charge is -2.34. The molecule has 25 heavy (non-hydrogen) atoms. The lowest BCUT2D eigenvalue weighted by molar-refractivity contribution is -0.0440. The highest BCUT2D eigenvalue weighted by Crippen LogP contribution is 2.15. The highest BCUT2D eigenvalue weighted by Gasteiger charge is 2.30. The van der Waals surface area contributed by atoms with E-state index < -0.39 is 10.0 Å². The van der Waals surface area contributed by atoms with Crippen molar-refractivity contribution in [1.82, 2.24) is 13.7 Å². The number of rotatable bonds is 5. The minimum Gasteiger partial charge on any atom is -0.373 e. The molecule has 2 atom stereocenters. The Morgan fingerprint density at radius 2 is 2.00 bits per heavy atom. The third-order valence-electron chi connectivity index (χ3n) is 4.02. The van der Waals surface area contributed by atoms with Gasteiger partial charge in [-0.25, -0.2) is 13.4 Å². The molecule has 0 saturated carbocycles. The molecule has 0 bridgehead atoms. The third-order valence-corrected chi connectivity index (χ3v) is 5.82. The standard InChI is InChI=1S/C16H22N4O4S/c1-12-10-19(11-13(2)24-12)25(22,23)8-6-17-14-9-16(21)20-7-4-3-5-15(20)18-14/h3-5,7,9,12-13,17H,6,8,10-11H2,1-2H3. The molecule has 1 N–H and O–H groups in total. The summed E-state index contributed by atoms with van der Waals surface area (Å²) < 4.78 is 33.4. The Kier molecular flexibility index (Phi) is 5.07. The fraction of sp³-hybridized carbons (Fsp3) is 0.500. The van der Waals surface area contributed by atoms with Crippen molar-refractivity contribution in [2.45, 2.75) is 26.1 Å². The van der Waals surface area contributed by atoms with Crippen LogP contribution >= 0.6 is 0 Å². The second-order valence-electron chi connectivity index (χ2n) is 6.23. The molecule has 1 fully saturated rings. The zero-order valence-electron chi connectivity index (χ0n) is 14.3. The lowest BCUT2D eigenvalue weighted by atomic mass is 10.3. The summed E-state index contributed by atoms with van der Waals surface area (Å²) in [6.07, 6.45) is 1.40. The number of sulfonamides is 1. The summed E-state index contributed by atoms with van der Waals surface area (Å²) in [6, 6.07) is 6.62. The number of morpholine rings is 1. The quantitative estimate of drug-likeness (QED) is 0.830. The Hall–Kier alpha value is -1.97. The molecule has 0 spiro atoms. The van der Waals surface area contributed by atoms with Gasteiger partial charge in [-0.3, -0.25) is 9.20 Å². The number of nitrogens with one attached hydrogen (secondary N) is 1. The summed E-state index contributed by atoms with van der Waals surface area (Å²) in [4.78, 5) is 16.3. The fourth-order valence-electron chi connectivity index (χ4n) is 2.94. The van der Waals surface area contributed by atoms with Crippen LogP contribution in [0.25, 0.3) is 5.65 Å². The predicted molar refractivity (Wildman–Crippen MR) is 95.3 cm³/mol. The lowest BCUT2D eigenvalue weighted by Crippen LogP contribution is -2.49. The molecule has 8 nitrogen and oxygen atoms in total. The van der Waals surface area contributed by atoms with Crippen LogP contribution in [0.2, 0.25) is 0 Å². The van der Waals surface area contributed by atoms with E-state index in [0.29, 0.717) is 24.6 Å². The van der Waals surface area contributed by atoms with Crippen LogP contribution in [-0.4, -0.2) is 59.7 Å². The molecule has 0 amide bonds. The van der Waals surface area contributed by atoms with Gasteiger partial charge >= 0.3 is 0 Å². The second kappa shape index (κ2) is 7.11. The summed E-state index contributed by atoms with van der Waals surface area (Å²) in [5, 5.41) is 2.93. The number of fused-ring (bicyclic) bond motifs is 1. The van der Waals surface area contributed by atoms with E-state index >= 15 is 0 Å². The average Bonchev–Trinajstić information content (AvgIpc) is 2.54. The fourth-order valence-corrected chi connectivity index (χ4v) is 4.43. The van der Waals surface area contributed by atoms with Gasteiger partial charge in [-0.15, -0.1) is 0 Å². The molecular formula is C16H22N4O4S. The van der Waals surface area contributed by atoms with Crippen LogP contribution < -0.4 is 10.9 Å². The molecule has 1 aliphatic heterocycles. The number of aromatic nitrogens is 2. The van der Waals surface area contributed by atoms with Crippen molar-refractivity contribution in [3.05, 3.63) is 40.8 Å². The first-order chi connectivity index (χ1) is 11.8. The van der Waals surface area contributed by atoms with Gasteiger partial charge in [0.2, 0.25) is 10.0 Å². The first kappa shape index (κ1) is 17.8. The molecular weight excluding hydrogens is 344 g/mol. The minimum absolute atomic E-state index is 0.0672. The molecule has 0 radical (unpaired) electrons. The molecule has 136 valence electrons. The van der Waals surface area contributed by atoms with Crippen molar-refractivity contribution in [2.24, 2.45) is 0 Å². The van der Waals surface area contributed by atoms with Gasteiger partial charge in [0, 0.05) is 31.9 Å². The van der Waals surface area contributed by atoms with Gasteiger partial charge in [0.05, 0.1) is 18.0 Å². The minimum atomic E-state index is -3.39. The SMILES string of the molecule is CC1CN(S(=O)(=O)CCNc2cc(=O)n3ccccc3n2)CC(C)O1. The number of pyridine rings is 1. The van der Waals surface area contributed by atoms with Crippen LogP contribution in [0.5, 0.6) is 0 Å². The molecule has 9 heteroatoms. The molecule has 1 aliphatic rings. The maximum absolute atomic E-state index is 12.5. The Morgan fingerprint density at radius 1 is 1.28 bits per heavy atom. The molecule has 2 unspecified atom stereocenters. The van der Waals surface area contributed by atoms with Gasteiger partial charge in [-0.1, -0.05) is 6.07 Å². The molecule has 1 saturated heterocycles. The number of nitrogens with zero attached hydrogens (tertiary/aromatic N) is 3.